The number of halogens is 1. The maximum atomic E-state index is 13.3. The zero-order chi connectivity index (χ0) is 25.1. The van der Waals surface area contributed by atoms with Crippen LogP contribution in [0.5, 0.6) is 0 Å². The first-order valence-corrected chi connectivity index (χ1v) is 12.0. The van der Waals surface area contributed by atoms with E-state index in [1.807, 2.05) is 49.0 Å². The van der Waals surface area contributed by atoms with Gasteiger partial charge >= 0.3 is 0 Å². The molecule has 1 amide bonds. The highest BCUT2D eigenvalue weighted by molar-refractivity contribution is 7.99. The smallest absolute Gasteiger partial charge is 0.235 e. The Morgan fingerprint density at radius 3 is 2.57 bits per heavy atom. The number of hydrogen-bond donors (Lipinski definition) is 1. The van der Waals surface area contributed by atoms with Crippen LogP contribution in [0, 0.1) is 44.8 Å². The number of amides is 1. The zero-order valence-corrected chi connectivity index (χ0v) is 20.8. The second-order valence-corrected chi connectivity index (χ2v) is 9.31. The molecule has 0 radical (unpaired) electrons. The fourth-order valence-corrected chi connectivity index (χ4v) is 4.68. The highest BCUT2D eigenvalue weighted by Gasteiger charge is 2.20. The zero-order valence-electron chi connectivity index (χ0n) is 20.0. The maximum absolute atomic E-state index is 13.3. The first-order valence-electron chi connectivity index (χ1n) is 11.0. The second kappa shape index (κ2) is 10.2. The molecule has 0 atom stereocenters. The number of aryl methyl sites for hydroxylation is 2. The molecule has 0 saturated carbocycles. The summed E-state index contributed by atoms with van der Waals surface area (Å²) in [6.45, 7) is 8.21. The van der Waals surface area contributed by atoms with Gasteiger partial charge in [0.1, 0.15) is 24.0 Å². The van der Waals surface area contributed by atoms with Crippen LogP contribution in [0.2, 0.25) is 0 Å². The van der Waals surface area contributed by atoms with E-state index in [1.54, 1.807) is 18.5 Å². The summed E-state index contributed by atoms with van der Waals surface area (Å²) in [5.41, 5.74) is 6.14. The van der Waals surface area contributed by atoms with Crippen molar-refractivity contribution in [2.75, 3.05) is 11.1 Å². The molecule has 0 saturated heterocycles. The van der Waals surface area contributed by atoms with E-state index in [9.17, 15) is 14.4 Å². The summed E-state index contributed by atoms with van der Waals surface area (Å²) in [5.74, 6) is -0.0483. The van der Waals surface area contributed by atoms with E-state index < -0.39 is 0 Å². The first-order chi connectivity index (χ1) is 16.8. The van der Waals surface area contributed by atoms with E-state index in [2.05, 4.69) is 27.6 Å². The Labute approximate surface area is 207 Å². The molecule has 2 heterocycles. The molecule has 9 heteroatoms. The molecular weight excluding hydrogens is 463 g/mol. The lowest BCUT2D eigenvalue weighted by Gasteiger charge is -2.14. The monoisotopic (exact) mass is 488 g/mol. The molecule has 0 aliphatic rings. The van der Waals surface area contributed by atoms with Gasteiger partial charge in [0.05, 0.1) is 17.0 Å². The van der Waals surface area contributed by atoms with Gasteiger partial charge in [-0.25, -0.2) is 4.39 Å². The van der Waals surface area contributed by atoms with Gasteiger partial charge in [-0.3, -0.25) is 9.36 Å². The van der Waals surface area contributed by atoms with Crippen molar-refractivity contribution in [1.82, 2.24) is 19.3 Å². The topological polar surface area (TPSA) is 88.5 Å². The van der Waals surface area contributed by atoms with E-state index in [0.717, 1.165) is 33.6 Å². The molecule has 4 aromatic rings. The molecule has 4 rings (SSSR count). The minimum absolute atomic E-state index is 0.0916. The van der Waals surface area contributed by atoms with Gasteiger partial charge in [0.2, 0.25) is 5.91 Å². The Morgan fingerprint density at radius 1 is 1.14 bits per heavy atom. The molecule has 0 aliphatic heterocycles. The molecule has 0 spiro atoms. The predicted molar refractivity (Wildman–Crippen MR) is 134 cm³/mol. The number of rotatable bonds is 7. The molecule has 1 N–H and O–H groups in total. The lowest BCUT2D eigenvalue weighted by atomic mass is 10.1. The molecule has 2 aromatic heterocycles. The van der Waals surface area contributed by atoms with Crippen molar-refractivity contribution in [3.05, 3.63) is 88.1 Å². The van der Waals surface area contributed by atoms with Crippen LogP contribution in [0.15, 0.2) is 53.9 Å². The summed E-state index contributed by atoms with van der Waals surface area (Å²) < 4.78 is 17.1. The molecule has 0 fully saturated rings. The molecule has 0 unspecified atom stereocenters. The average Bonchev–Trinajstić information content (AvgIpc) is 3.37. The third kappa shape index (κ3) is 5.12. The SMILES string of the molecule is Cc1ccc(-n2cnnc2SCC(=O)Nc2c(C#N)c(C)c(C)n2Cc2ccc(F)cc2)c(C)c1. The van der Waals surface area contributed by atoms with Gasteiger partial charge in [-0.1, -0.05) is 41.6 Å². The van der Waals surface area contributed by atoms with Crippen LogP contribution >= 0.6 is 11.8 Å². The highest BCUT2D eigenvalue weighted by atomic mass is 32.2. The van der Waals surface area contributed by atoms with Gasteiger partial charge in [-0.2, -0.15) is 5.26 Å². The number of aromatic nitrogens is 4. The maximum Gasteiger partial charge on any atom is 0.235 e. The number of carbonyl (C=O) groups is 1. The predicted octanol–water partition coefficient (Wildman–Crippen LogP) is 5.09. The second-order valence-electron chi connectivity index (χ2n) is 8.37. The summed E-state index contributed by atoms with van der Waals surface area (Å²) in [4.78, 5) is 12.9. The Morgan fingerprint density at radius 2 is 1.89 bits per heavy atom. The summed E-state index contributed by atoms with van der Waals surface area (Å²) in [6.07, 6.45) is 1.63. The largest absolute Gasteiger partial charge is 0.326 e. The highest BCUT2D eigenvalue weighted by Crippen LogP contribution is 2.28. The van der Waals surface area contributed by atoms with Gasteiger partial charge in [0.15, 0.2) is 5.16 Å². The summed E-state index contributed by atoms with van der Waals surface area (Å²) in [6, 6.07) is 14.5. The van der Waals surface area contributed by atoms with E-state index in [4.69, 9.17) is 0 Å². The number of benzene rings is 2. The van der Waals surface area contributed by atoms with Crippen molar-refractivity contribution in [1.29, 1.82) is 5.26 Å². The van der Waals surface area contributed by atoms with Crippen LogP contribution in [-0.2, 0) is 11.3 Å². The normalized spacial score (nSPS) is 10.9. The Kier molecular flexibility index (Phi) is 7.03. The van der Waals surface area contributed by atoms with Crippen LogP contribution in [-0.4, -0.2) is 31.0 Å². The molecule has 0 aliphatic carbocycles. The molecule has 35 heavy (non-hydrogen) atoms. The van der Waals surface area contributed by atoms with Crippen LogP contribution in [0.3, 0.4) is 0 Å². The third-order valence-corrected chi connectivity index (χ3v) is 6.86. The minimum Gasteiger partial charge on any atom is -0.326 e. The summed E-state index contributed by atoms with van der Waals surface area (Å²) >= 11 is 1.27. The van der Waals surface area contributed by atoms with Gasteiger partial charge in [0, 0.05) is 12.2 Å². The van der Waals surface area contributed by atoms with Crippen molar-refractivity contribution in [2.24, 2.45) is 0 Å². The third-order valence-electron chi connectivity index (χ3n) is 5.91. The molecule has 178 valence electrons. The number of hydrogen-bond acceptors (Lipinski definition) is 5. The quantitative estimate of drug-likeness (QED) is 0.366. The van der Waals surface area contributed by atoms with Crippen LogP contribution < -0.4 is 5.32 Å². The van der Waals surface area contributed by atoms with Crippen LogP contribution in [0.1, 0.15) is 33.5 Å². The van der Waals surface area contributed by atoms with Crippen molar-refractivity contribution >= 4 is 23.5 Å². The van der Waals surface area contributed by atoms with Crippen LogP contribution in [0.4, 0.5) is 10.2 Å². The van der Waals surface area contributed by atoms with E-state index in [-0.39, 0.29) is 17.5 Å². The summed E-state index contributed by atoms with van der Waals surface area (Å²) in [5, 5.41) is 21.5. The van der Waals surface area contributed by atoms with E-state index in [0.29, 0.717) is 23.1 Å². The number of carbonyl (C=O) groups excluding carboxylic acids is 1. The lowest BCUT2D eigenvalue weighted by Crippen LogP contribution is -2.19. The molecule has 0 bridgehead atoms. The number of nitriles is 1. The van der Waals surface area contributed by atoms with Crippen molar-refractivity contribution in [3.63, 3.8) is 0 Å². The molecule has 7 nitrogen and oxygen atoms in total. The number of thioether (sulfide) groups is 1. The van der Waals surface area contributed by atoms with E-state index >= 15 is 0 Å². The molecular formula is C26H25FN6OS. The Balaban J connectivity index is 1.53. The van der Waals surface area contributed by atoms with Crippen molar-refractivity contribution in [3.8, 4) is 11.8 Å². The summed E-state index contributed by atoms with van der Waals surface area (Å²) in [7, 11) is 0. The van der Waals surface area contributed by atoms with Gasteiger partial charge in [-0.15, -0.1) is 10.2 Å². The molecule has 2 aromatic carbocycles. The van der Waals surface area contributed by atoms with Gasteiger partial charge in [0.25, 0.3) is 0 Å². The average molecular weight is 489 g/mol. The van der Waals surface area contributed by atoms with Gasteiger partial charge in [-0.05, 0) is 62.6 Å². The van der Waals surface area contributed by atoms with Gasteiger partial charge < -0.3 is 9.88 Å². The minimum atomic E-state index is -0.314. The lowest BCUT2D eigenvalue weighted by molar-refractivity contribution is -0.113. The number of nitrogens with zero attached hydrogens (tertiary/aromatic N) is 5. The van der Waals surface area contributed by atoms with Crippen molar-refractivity contribution < 1.29 is 9.18 Å². The number of nitrogens with one attached hydrogen (secondary N) is 1. The Hall–Kier alpha value is -3.90. The fourth-order valence-electron chi connectivity index (χ4n) is 3.96. The standard InChI is InChI=1S/C26H25FN6OS/c1-16-5-10-23(17(2)11-16)33-15-29-31-26(33)35-14-24(34)30-25-22(12-28)18(3)19(4)32(25)13-20-6-8-21(27)9-7-20/h5-11,15H,13-14H2,1-4H3,(H,30,34). The number of anilines is 1. The fraction of sp³-hybridized carbons (Fsp3) is 0.231. The van der Waals surface area contributed by atoms with E-state index in [1.165, 1.54) is 23.9 Å². The van der Waals surface area contributed by atoms with Crippen molar-refractivity contribution in [2.45, 2.75) is 39.4 Å². The Bertz CT molecular complexity index is 1430. The van der Waals surface area contributed by atoms with Crippen LogP contribution in [0.25, 0.3) is 5.69 Å². The first kappa shape index (κ1) is 24.2.